The first-order valence-corrected chi connectivity index (χ1v) is 10.5. The van der Waals surface area contributed by atoms with Crippen LogP contribution in [0.4, 0.5) is 0 Å². The van der Waals surface area contributed by atoms with E-state index in [1.54, 1.807) is 0 Å². The topological polar surface area (TPSA) is 39.7 Å². The van der Waals surface area contributed by atoms with Crippen molar-refractivity contribution in [1.82, 2.24) is 5.32 Å². The number of ether oxygens (including phenoxy) is 3. The molecule has 2 heterocycles. The lowest BCUT2D eigenvalue weighted by molar-refractivity contribution is 0.0497. The molecule has 2 aliphatic rings. The maximum Gasteiger partial charge on any atom is 0.124 e. The molecule has 0 bridgehead atoms. The molecule has 4 nitrogen and oxygen atoms in total. The van der Waals surface area contributed by atoms with Crippen molar-refractivity contribution in [3.8, 4) is 11.5 Å². The average Bonchev–Trinajstić information content (AvgIpc) is 3.08. The Morgan fingerprint density at radius 3 is 2.68 bits per heavy atom. The first-order valence-electron chi connectivity index (χ1n) is 10.5. The van der Waals surface area contributed by atoms with Gasteiger partial charge in [-0.15, -0.1) is 0 Å². The van der Waals surface area contributed by atoms with Crippen LogP contribution in [0.15, 0.2) is 42.5 Å². The van der Waals surface area contributed by atoms with Crippen LogP contribution >= 0.6 is 0 Å². The van der Waals surface area contributed by atoms with E-state index in [1.807, 2.05) is 6.92 Å². The molecule has 0 aliphatic carbocycles. The van der Waals surface area contributed by atoms with Crippen molar-refractivity contribution in [3.63, 3.8) is 0 Å². The standard InChI is InChI=1S/C24H31NO3/c1-3-27-22-14-19-13-18(2)28-23(19)15-20(22)16-25-17-24(9-11-26-12-10-24)21-7-5-4-6-8-21/h4-8,14-15,18,25H,3,9-13,16-17H2,1-2H3. The molecule has 4 heteroatoms. The maximum absolute atomic E-state index is 5.97. The summed E-state index contributed by atoms with van der Waals surface area (Å²) in [6.45, 7) is 8.18. The van der Waals surface area contributed by atoms with E-state index >= 15 is 0 Å². The minimum Gasteiger partial charge on any atom is -0.494 e. The smallest absolute Gasteiger partial charge is 0.124 e. The molecule has 0 aromatic heterocycles. The largest absolute Gasteiger partial charge is 0.494 e. The fourth-order valence-corrected chi connectivity index (χ4v) is 4.47. The van der Waals surface area contributed by atoms with E-state index in [4.69, 9.17) is 14.2 Å². The summed E-state index contributed by atoms with van der Waals surface area (Å²) in [6, 6.07) is 15.2. The van der Waals surface area contributed by atoms with Crippen molar-refractivity contribution in [1.29, 1.82) is 0 Å². The first kappa shape index (κ1) is 19.3. The minimum absolute atomic E-state index is 0.132. The molecule has 1 unspecified atom stereocenters. The zero-order valence-corrected chi connectivity index (χ0v) is 17.0. The van der Waals surface area contributed by atoms with Crippen LogP contribution in [-0.2, 0) is 23.1 Å². The lowest BCUT2D eigenvalue weighted by Gasteiger charge is -2.38. The summed E-state index contributed by atoms with van der Waals surface area (Å²) in [4.78, 5) is 0. The lowest BCUT2D eigenvalue weighted by Crippen LogP contribution is -2.42. The van der Waals surface area contributed by atoms with Gasteiger partial charge in [0.1, 0.15) is 17.6 Å². The molecular weight excluding hydrogens is 350 g/mol. The molecular formula is C24H31NO3. The fourth-order valence-electron chi connectivity index (χ4n) is 4.47. The van der Waals surface area contributed by atoms with Crippen molar-refractivity contribution in [3.05, 3.63) is 59.2 Å². The Morgan fingerprint density at radius 1 is 1.14 bits per heavy atom. The van der Waals surface area contributed by atoms with Crippen LogP contribution in [0.3, 0.4) is 0 Å². The van der Waals surface area contributed by atoms with Gasteiger partial charge >= 0.3 is 0 Å². The van der Waals surface area contributed by atoms with Crippen LogP contribution in [0.25, 0.3) is 0 Å². The van der Waals surface area contributed by atoms with Crippen molar-refractivity contribution < 1.29 is 14.2 Å². The summed E-state index contributed by atoms with van der Waals surface area (Å²) in [5, 5.41) is 3.72. The molecule has 2 aromatic rings. The van der Waals surface area contributed by atoms with Gasteiger partial charge in [0.05, 0.1) is 6.61 Å². The maximum atomic E-state index is 5.97. The molecule has 0 amide bonds. The van der Waals surface area contributed by atoms with Gasteiger partial charge in [0.15, 0.2) is 0 Å². The molecule has 2 aliphatic heterocycles. The second-order valence-electron chi connectivity index (χ2n) is 8.00. The second kappa shape index (κ2) is 8.54. The molecule has 1 N–H and O–H groups in total. The second-order valence-corrected chi connectivity index (χ2v) is 8.00. The third-order valence-electron chi connectivity index (χ3n) is 5.99. The monoisotopic (exact) mass is 381 g/mol. The molecule has 0 spiro atoms. The van der Waals surface area contributed by atoms with Crippen LogP contribution in [-0.4, -0.2) is 32.5 Å². The molecule has 1 atom stereocenters. The summed E-state index contributed by atoms with van der Waals surface area (Å²) in [7, 11) is 0. The van der Waals surface area contributed by atoms with Gasteiger partial charge in [-0.3, -0.25) is 0 Å². The number of benzene rings is 2. The molecule has 0 radical (unpaired) electrons. The third kappa shape index (κ3) is 4.03. The van der Waals surface area contributed by atoms with Gasteiger partial charge in [-0.25, -0.2) is 0 Å². The Bertz CT molecular complexity index is 784. The van der Waals surface area contributed by atoms with Crippen LogP contribution in [0.1, 0.15) is 43.4 Å². The highest BCUT2D eigenvalue weighted by molar-refractivity contribution is 5.48. The van der Waals surface area contributed by atoms with Crippen LogP contribution < -0.4 is 14.8 Å². The van der Waals surface area contributed by atoms with Crippen LogP contribution in [0, 0.1) is 0 Å². The highest BCUT2D eigenvalue weighted by Crippen LogP contribution is 2.36. The molecule has 1 saturated heterocycles. The van der Waals surface area contributed by atoms with E-state index < -0.39 is 0 Å². The van der Waals surface area contributed by atoms with E-state index in [1.165, 1.54) is 16.7 Å². The number of hydrogen-bond acceptors (Lipinski definition) is 4. The summed E-state index contributed by atoms with van der Waals surface area (Å²) < 4.78 is 17.6. The number of fused-ring (bicyclic) bond motifs is 1. The highest BCUT2D eigenvalue weighted by Gasteiger charge is 2.34. The predicted octanol–water partition coefficient (Wildman–Crippen LogP) is 4.25. The third-order valence-corrected chi connectivity index (χ3v) is 5.99. The Balaban J connectivity index is 1.50. The number of nitrogens with one attached hydrogen (secondary N) is 1. The van der Waals surface area contributed by atoms with Crippen molar-refractivity contribution in [2.45, 2.75) is 51.2 Å². The van der Waals surface area contributed by atoms with Gasteiger partial charge in [-0.1, -0.05) is 30.3 Å². The fraction of sp³-hybridized carbons (Fsp3) is 0.500. The Morgan fingerprint density at radius 2 is 1.93 bits per heavy atom. The van der Waals surface area contributed by atoms with Crippen LogP contribution in [0.5, 0.6) is 11.5 Å². The van der Waals surface area contributed by atoms with Gasteiger partial charge in [0.2, 0.25) is 0 Å². The zero-order chi connectivity index (χ0) is 19.4. The molecule has 28 heavy (non-hydrogen) atoms. The predicted molar refractivity (Wildman–Crippen MR) is 111 cm³/mol. The zero-order valence-electron chi connectivity index (χ0n) is 17.0. The van der Waals surface area contributed by atoms with Gasteiger partial charge in [0.25, 0.3) is 0 Å². The Kier molecular flexibility index (Phi) is 5.88. The van der Waals surface area contributed by atoms with E-state index in [2.05, 4.69) is 54.7 Å². The molecule has 2 aromatic carbocycles. The van der Waals surface area contributed by atoms with E-state index in [-0.39, 0.29) is 11.5 Å². The average molecular weight is 382 g/mol. The molecule has 150 valence electrons. The molecule has 4 rings (SSSR count). The normalized spacial score (nSPS) is 20.4. The SMILES string of the molecule is CCOc1cc2c(cc1CNCC1(c3ccccc3)CCOCC1)OC(C)C2. The van der Waals surface area contributed by atoms with Gasteiger partial charge in [-0.05, 0) is 44.4 Å². The van der Waals surface area contributed by atoms with E-state index in [0.717, 1.165) is 57.1 Å². The summed E-state index contributed by atoms with van der Waals surface area (Å²) in [6.07, 6.45) is 3.30. The first-order chi connectivity index (χ1) is 13.7. The quantitative estimate of drug-likeness (QED) is 0.778. The lowest BCUT2D eigenvalue weighted by atomic mass is 9.74. The van der Waals surface area contributed by atoms with Crippen LogP contribution in [0.2, 0.25) is 0 Å². The summed E-state index contributed by atoms with van der Waals surface area (Å²) in [5.41, 5.74) is 3.96. The Hall–Kier alpha value is -2.04. The van der Waals surface area contributed by atoms with E-state index in [0.29, 0.717) is 6.61 Å². The number of hydrogen-bond donors (Lipinski definition) is 1. The summed E-state index contributed by atoms with van der Waals surface area (Å²) >= 11 is 0. The van der Waals surface area contributed by atoms with Crippen molar-refractivity contribution in [2.75, 3.05) is 26.4 Å². The minimum atomic E-state index is 0.132. The van der Waals surface area contributed by atoms with Gasteiger partial charge in [0, 0.05) is 49.3 Å². The van der Waals surface area contributed by atoms with E-state index in [9.17, 15) is 0 Å². The summed E-state index contributed by atoms with van der Waals surface area (Å²) in [5.74, 6) is 1.99. The van der Waals surface area contributed by atoms with Crippen molar-refractivity contribution >= 4 is 0 Å². The van der Waals surface area contributed by atoms with Gasteiger partial charge in [-0.2, -0.15) is 0 Å². The highest BCUT2D eigenvalue weighted by atomic mass is 16.5. The molecule has 0 saturated carbocycles. The Labute approximate surface area is 168 Å². The van der Waals surface area contributed by atoms with Crippen molar-refractivity contribution in [2.24, 2.45) is 0 Å². The van der Waals surface area contributed by atoms with Gasteiger partial charge < -0.3 is 19.5 Å². The number of rotatable bonds is 7. The molecule has 1 fully saturated rings.